The SMILES string of the molecule is C=COCCCCCCCOC=C. The standard InChI is InChI=1S/C11H20O2/c1-3-12-10-8-6-5-7-9-11-13-4-2/h3-4H,1-2,5-11H2. The van der Waals surface area contributed by atoms with Gasteiger partial charge in [-0.25, -0.2) is 0 Å². The summed E-state index contributed by atoms with van der Waals surface area (Å²) in [7, 11) is 0. The Bertz CT molecular complexity index is 107. The van der Waals surface area contributed by atoms with Crippen LogP contribution in [0.2, 0.25) is 0 Å². The molecule has 0 rings (SSSR count). The van der Waals surface area contributed by atoms with Gasteiger partial charge in [-0.1, -0.05) is 32.4 Å². The van der Waals surface area contributed by atoms with Gasteiger partial charge >= 0.3 is 0 Å². The molecule has 0 spiro atoms. The first-order chi connectivity index (χ1) is 6.41. The monoisotopic (exact) mass is 184 g/mol. The predicted molar refractivity (Wildman–Crippen MR) is 55.4 cm³/mol. The topological polar surface area (TPSA) is 18.5 Å². The molecule has 0 aliphatic carbocycles. The minimum atomic E-state index is 0.798. The fraction of sp³-hybridized carbons (Fsp3) is 0.636. The normalized spacial score (nSPS) is 9.23. The van der Waals surface area contributed by atoms with E-state index >= 15 is 0 Å². The Kier molecular flexibility index (Phi) is 10.3. The molecule has 0 unspecified atom stereocenters. The van der Waals surface area contributed by atoms with Crippen LogP contribution in [0.1, 0.15) is 32.1 Å². The highest BCUT2D eigenvalue weighted by Crippen LogP contribution is 2.03. The Morgan fingerprint density at radius 2 is 1.08 bits per heavy atom. The van der Waals surface area contributed by atoms with Gasteiger partial charge in [0.05, 0.1) is 25.7 Å². The molecule has 0 aromatic rings. The zero-order valence-electron chi connectivity index (χ0n) is 8.34. The van der Waals surface area contributed by atoms with E-state index in [9.17, 15) is 0 Å². The fourth-order valence-electron chi connectivity index (χ4n) is 1.07. The lowest BCUT2D eigenvalue weighted by molar-refractivity contribution is 0.233. The summed E-state index contributed by atoms with van der Waals surface area (Å²) < 4.78 is 10.0. The third kappa shape index (κ3) is 11.1. The van der Waals surface area contributed by atoms with Gasteiger partial charge in [-0.05, 0) is 12.8 Å². The molecule has 0 saturated carbocycles. The van der Waals surface area contributed by atoms with Gasteiger partial charge in [-0.3, -0.25) is 0 Å². The van der Waals surface area contributed by atoms with E-state index in [4.69, 9.17) is 9.47 Å². The van der Waals surface area contributed by atoms with E-state index in [1.165, 1.54) is 31.8 Å². The van der Waals surface area contributed by atoms with Crippen molar-refractivity contribution in [1.82, 2.24) is 0 Å². The molecule has 0 N–H and O–H groups in total. The molecular weight excluding hydrogens is 164 g/mol. The van der Waals surface area contributed by atoms with Crippen molar-refractivity contribution in [1.29, 1.82) is 0 Å². The summed E-state index contributed by atoms with van der Waals surface area (Å²) in [5.74, 6) is 0. The van der Waals surface area contributed by atoms with Crippen LogP contribution < -0.4 is 0 Å². The van der Waals surface area contributed by atoms with Crippen molar-refractivity contribution in [3.8, 4) is 0 Å². The molecule has 76 valence electrons. The zero-order valence-corrected chi connectivity index (χ0v) is 8.34. The van der Waals surface area contributed by atoms with E-state index in [2.05, 4.69) is 13.2 Å². The second-order valence-electron chi connectivity index (χ2n) is 2.84. The summed E-state index contributed by atoms with van der Waals surface area (Å²) >= 11 is 0. The summed E-state index contributed by atoms with van der Waals surface area (Å²) in [4.78, 5) is 0. The Hall–Kier alpha value is -0.920. The van der Waals surface area contributed by atoms with Crippen LogP contribution in [0.15, 0.2) is 25.7 Å². The van der Waals surface area contributed by atoms with Gasteiger partial charge in [0.2, 0.25) is 0 Å². The van der Waals surface area contributed by atoms with E-state index < -0.39 is 0 Å². The van der Waals surface area contributed by atoms with E-state index in [1.54, 1.807) is 0 Å². The fourth-order valence-corrected chi connectivity index (χ4v) is 1.07. The smallest absolute Gasteiger partial charge is 0.0873 e. The molecule has 0 heterocycles. The summed E-state index contributed by atoms with van der Waals surface area (Å²) in [6.45, 7) is 8.56. The molecule has 13 heavy (non-hydrogen) atoms. The van der Waals surface area contributed by atoms with Crippen molar-refractivity contribution in [3.05, 3.63) is 25.7 Å². The highest BCUT2D eigenvalue weighted by molar-refractivity contribution is 4.51. The highest BCUT2D eigenvalue weighted by atomic mass is 16.5. The van der Waals surface area contributed by atoms with Crippen molar-refractivity contribution in [2.24, 2.45) is 0 Å². The summed E-state index contributed by atoms with van der Waals surface area (Å²) in [5.41, 5.74) is 0. The molecule has 0 radical (unpaired) electrons. The molecule has 0 amide bonds. The minimum Gasteiger partial charge on any atom is -0.502 e. The molecule has 2 heteroatoms. The first-order valence-electron chi connectivity index (χ1n) is 4.87. The van der Waals surface area contributed by atoms with E-state index in [-0.39, 0.29) is 0 Å². The Morgan fingerprint density at radius 1 is 0.692 bits per heavy atom. The van der Waals surface area contributed by atoms with E-state index in [0.717, 1.165) is 26.1 Å². The van der Waals surface area contributed by atoms with Gasteiger partial charge in [-0.15, -0.1) is 0 Å². The van der Waals surface area contributed by atoms with Crippen LogP contribution in [-0.2, 0) is 9.47 Å². The average molecular weight is 184 g/mol. The second kappa shape index (κ2) is 11.1. The number of rotatable bonds is 10. The van der Waals surface area contributed by atoms with Gasteiger partial charge in [0.15, 0.2) is 0 Å². The van der Waals surface area contributed by atoms with Crippen molar-refractivity contribution in [3.63, 3.8) is 0 Å². The van der Waals surface area contributed by atoms with Gasteiger partial charge in [0.1, 0.15) is 0 Å². The van der Waals surface area contributed by atoms with Crippen molar-refractivity contribution in [2.75, 3.05) is 13.2 Å². The van der Waals surface area contributed by atoms with Crippen LogP contribution in [-0.4, -0.2) is 13.2 Å². The molecular formula is C11H20O2. The molecule has 0 aromatic heterocycles. The maximum Gasteiger partial charge on any atom is 0.0873 e. The summed E-state index contributed by atoms with van der Waals surface area (Å²) in [6, 6.07) is 0. The van der Waals surface area contributed by atoms with Crippen molar-refractivity contribution in [2.45, 2.75) is 32.1 Å². The van der Waals surface area contributed by atoms with Crippen molar-refractivity contribution >= 4 is 0 Å². The molecule has 0 saturated heterocycles. The van der Waals surface area contributed by atoms with Crippen LogP contribution in [0.5, 0.6) is 0 Å². The van der Waals surface area contributed by atoms with Crippen molar-refractivity contribution < 1.29 is 9.47 Å². The lowest BCUT2D eigenvalue weighted by Gasteiger charge is -2.01. The Morgan fingerprint density at radius 3 is 1.46 bits per heavy atom. The van der Waals surface area contributed by atoms with Gasteiger partial charge in [0.25, 0.3) is 0 Å². The molecule has 0 aliphatic rings. The van der Waals surface area contributed by atoms with Crippen LogP contribution in [0.25, 0.3) is 0 Å². The lowest BCUT2D eigenvalue weighted by Crippen LogP contribution is -1.90. The third-order valence-electron chi connectivity index (χ3n) is 1.76. The van der Waals surface area contributed by atoms with Crippen LogP contribution in [0, 0.1) is 0 Å². The van der Waals surface area contributed by atoms with Crippen LogP contribution >= 0.6 is 0 Å². The quantitative estimate of drug-likeness (QED) is 0.383. The first-order valence-corrected chi connectivity index (χ1v) is 4.87. The average Bonchev–Trinajstić information content (AvgIpc) is 2.16. The number of hydrogen-bond donors (Lipinski definition) is 0. The Balaban J connectivity index is 2.83. The largest absolute Gasteiger partial charge is 0.502 e. The van der Waals surface area contributed by atoms with Crippen LogP contribution in [0.4, 0.5) is 0 Å². The summed E-state index contributed by atoms with van der Waals surface area (Å²) in [6.07, 6.45) is 8.93. The number of ether oxygens (including phenoxy) is 2. The maximum atomic E-state index is 5.00. The lowest BCUT2D eigenvalue weighted by atomic mass is 10.1. The van der Waals surface area contributed by atoms with Gasteiger partial charge in [0, 0.05) is 0 Å². The first kappa shape index (κ1) is 12.1. The van der Waals surface area contributed by atoms with E-state index in [1.807, 2.05) is 0 Å². The van der Waals surface area contributed by atoms with Gasteiger partial charge < -0.3 is 9.47 Å². The minimum absolute atomic E-state index is 0.798. The highest BCUT2D eigenvalue weighted by Gasteiger charge is 1.90. The maximum absolute atomic E-state index is 5.00. The van der Waals surface area contributed by atoms with Gasteiger partial charge in [-0.2, -0.15) is 0 Å². The molecule has 0 aliphatic heterocycles. The zero-order chi connectivity index (χ0) is 9.78. The number of unbranched alkanes of at least 4 members (excludes halogenated alkanes) is 4. The number of hydrogen-bond acceptors (Lipinski definition) is 2. The second-order valence-corrected chi connectivity index (χ2v) is 2.84. The molecule has 0 aromatic carbocycles. The van der Waals surface area contributed by atoms with Crippen LogP contribution in [0.3, 0.4) is 0 Å². The molecule has 2 nitrogen and oxygen atoms in total. The molecule has 0 bridgehead atoms. The third-order valence-corrected chi connectivity index (χ3v) is 1.76. The molecule has 0 fully saturated rings. The Labute approximate surface area is 81.2 Å². The molecule has 0 atom stereocenters. The predicted octanol–water partition coefficient (Wildman–Crippen LogP) is 3.26. The summed E-state index contributed by atoms with van der Waals surface area (Å²) in [5, 5.41) is 0. The van der Waals surface area contributed by atoms with E-state index in [0.29, 0.717) is 0 Å².